The zero-order valence-corrected chi connectivity index (χ0v) is 9.42. The minimum atomic E-state index is 0.0541. The smallest absolute Gasteiger partial charge is 0.309 e. The minimum absolute atomic E-state index is 0.0541. The van der Waals surface area contributed by atoms with Crippen molar-refractivity contribution in [1.29, 1.82) is 0 Å². The summed E-state index contributed by atoms with van der Waals surface area (Å²) in [5, 5.41) is 0. The Hall–Kier alpha value is -0.530. The van der Waals surface area contributed by atoms with Gasteiger partial charge in [-0.1, -0.05) is 33.1 Å². The molecule has 1 aliphatic rings. The van der Waals surface area contributed by atoms with Gasteiger partial charge in [-0.3, -0.25) is 4.79 Å². The van der Waals surface area contributed by atoms with Crippen LogP contribution in [0.25, 0.3) is 0 Å². The second-order valence-corrected chi connectivity index (χ2v) is 4.21. The first-order valence-corrected chi connectivity index (χ1v) is 5.98. The summed E-state index contributed by atoms with van der Waals surface area (Å²) >= 11 is 0. The van der Waals surface area contributed by atoms with Crippen molar-refractivity contribution in [2.45, 2.75) is 64.9 Å². The summed E-state index contributed by atoms with van der Waals surface area (Å²) in [5.41, 5.74) is 0. The molecule has 1 fully saturated rings. The van der Waals surface area contributed by atoms with Gasteiger partial charge in [-0.15, -0.1) is 0 Å². The molecule has 0 heterocycles. The van der Waals surface area contributed by atoms with E-state index in [1.165, 1.54) is 19.3 Å². The van der Waals surface area contributed by atoms with E-state index in [1.54, 1.807) is 0 Å². The molecule has 0 aliphatic heterocycles. The van der Waals surface area contributed by atoms with Gasteiger partial charge in [0.1, 0.15) is 6.10 Å². The van der Waals surface area contributed by atoms with Crippen molar-refractivity contribution < 1.29 is 9.53 Å². The minimum Gasteiger partial charge on any atom is -0.462 e. The first kappa shape index (κ1) is 11.5. The number of ether oxygens (including phenoxy) is 1. The fourth-order valence-electron chi connectivity index (χ4n) is 2.05. The lowest BCUT2D eigenvalue weighted by Crippen LogP contribution is -2.25. The Morgan fingerprint density at radius 2 is 1.79 bits per heavy atom. The molecule has 0 radical (unpaired) electrons. The maximum absolute atomic E-state index is 11.7. The van der Waals surface area contributed by atoms with Crippen LogP contribution < -0.4 is 0 Å². The molecule has 2 nitrogen and oxygen atoms in total. The van der Waals surface area contributed by atoms with Gasteiger partial charge in [-0.05, 0) is 25.7 Å². The van der Waals surface area contributed by atoms with Crippen LogP contribution in [0.3, 0.4) is 0 Å². The highest BCUT2D eigenvalue weighted by atomic mass is 16.5. The number of carbonyl (C=O) groups is 1. The van der Waals surface area contributed by atoms with E-state index in [2.05, 4.69) is 13.8 Å². The lowest BCUT2D eigenvalue weighted by atomic mass is 9.89. The molecule has 0 aromatic heterocycles. The highest BCUT2D eigenvalue weighted by Gasteiger charge is 2.23. The lowest BCUT2D eigenvalue weighted by molar-refractivity contribution is -0.155. The van der Waals surface area contributed by atoms with Crippen LogP contribution in [-0.2, 0) is 9.53 Å². The van der Waals surface area contributed by atoms with Crippen LogP contribution in [-0.4, -0.2) is 12.1 Å². The quantitative estimate of drug-likeness (QED) is 0.648. The van der Waals surface area contributed by atoms with E-state index in [1.807, 2.05) is 0 Å². The molecule has 1 aliphatic carbocycles. The van der Waals surface area contributed by atoms with Gasteiger partial charge in [0.15, 0.2) is 0 Å². The molecule has 2 heteroatoms. The Labute approximate surface area is 87.0 Å². The Morgan fingerprint density at radius 1 is 1.21 bits per heavy atom. The third-order valence-electron chi connectivity index (χ3n) is 3.13. The van der Waals surface area contributed by atoms with Crippen LogP contribution in [0.4, 0.5) is 0 Å². The van der Waals surface area contributed by atoms with Crippen LogP contribution in [0.15, 0.2) is 0 Å². The third kappa shape index (κ3) is 3.32. The maximum atomic E-state index is 11.7. The fraction of sp³-hybridized carbons (Fsp3) is 0.917. The van der Waals surface area contributed by atoms with Crippen LogP contribution in [0.2, 0.25) is 0 Å². The monoisotopic (exact) mass is 198 g/mol. The van der Waals surface area contributed by atoms with Gasteiger partial charge in [0.05, 0.1) is 5.92 Å². The van der Waals surface area contributed by atoms with Crippen molar-refractivity contribution in [2.75, 3.05) is 0 Å². The molecule has 0 unspecified atom stereocenters. The number of rotatable bonds is 4. The van der Waals surface area contributed by atoms with Crippen molar-refractivity contribution in [2.24, 2.45) is 5.92 Å². The number of esters is 1. The molecule has 0 saturated heterocycles. The molecule has 0 aromatic rings. The van der Waals surface area contributed by atoms with E-state index in [9.17, 15) is 4.79 Å². The van der Waals surface area contributed by atoms with Crippen molar-refractivity contribution in [1.82, 2.24) is 0 Å². The number of hydrogen-bond donors (Lipinski definition) is 0. The summed E-state index contributed by atoms with van der Waals surface area (Å²) in [6, 6.07) is 0. The number of hydrogen-bond acceptors (Lipinski definition) is 2. The molecule has 0 N–H and O–H groups in total. The molecule has 1 saturated carbocycles. The molecule has 0 amide bonds. The van der Waals surface area contributed by atoms with E-state index in [-0.39, 0.29) is 18.0 Å². The first-order valence-electron chi connectivity index (χ1n) is 5.98. The predicted molar refractivity (Wildman–Crippen MR) is 57.0 cm³/mol. The largest absolute Gasteiger partial charge is 0.462 e. The molecule has 0 atom stereocenters. The van der Waals surface area contributed by atoms with Crippen molar-refractivity contribution >= 4 is 5.97 Å². The van der Waals surface area contributed by atoms with E-state index in [4.69, 9.17) is 4.74 Å². The first-order chi connectivity index (χ1) is 6.77. The predicted octanol–water partition coefficient (Wildman–Crippen LogP) is 3.30. The summed E-state index contributed by atoms with van der Waals surface area (Å²) in [6.45, 7) is 4.14. The van der Waals surface area contributed by atoms with E-state index in [0.29, 0.717) is 0 Å². The average Bonchev–Trinajstić information content (AvgIpc) is 2.26. The molecule has 0 aromatic carbocycles. The lowest BCUT2D eigenvalue weighted by Gasteiger charge is -2.22. The highest BCUT2D eigenvalue weighted by molar-refractivity contribution is 5.72. The maximum Gasteiger partial charge on any atom is 0.309 e. The third-order valence-corrected chi connectivity index (χ3v) is 3.13. The van der Waals surface area contributed by atoms with Gasteiger partial charge in [0, 0.05) is 0 Å². The van der Waals surface area contributed by atoms with E-state index < -0.39 is 0 Å². The summed E-state index contributed by atoms with van der Waals surface area (Å²) in [5.74, 6) is 0.253. The highest BCUT2D eigenvalue weighted by Crippen LogP contribution is 2.25. The molecular weight excluding hydrogens is 176 g/mol. The van der Waals surface area contributed by atoms with Gasteiger partial charge >= 0.3 is 5.97 Å². The second-order valence-electron chi connectivity index (χ2n) is 4.21. The number of carbonyl (C=O) groups excluding carboxylic acids is 1. The topological polar surface area (TPSA) is 26.3 Å². The van der Waals surface area contributed by atoms with Crippen molar-refractivity contribution in [3.8, 4) is 0 Å². The van der Waals surface area contributed by atoms with Crippen LogP contribution in [0, 0.1) is 5.92 Å². The van der Waals surface area contributed by atoms with Crippen molar-refractivity contribution in [3.05, 3.63) is 0 Å². The second kappa shape index (κ2) is 6.05. The summed E-state index contributed by atoms with van der Waals surface area (Å²) in [6.07, 6.45) is 7.78. The Bertz CT molecular complexity index is 167. The average molecular weight is 198 g/mol. The van der Waals surface area contributed by atoms with Gasteiger partial charge in [-0.2, -0.15) is 0 Å². The SMILES string of the molecule is CCC(CC)OC(=O)C1CCCCC1. The summed E-state index contributed by atoms with van der Waals surface area (Å²) in [4.78, 5) is 11.7. The summed E-state index contributed by atoms with van der Waals surface area (Å²) in [7, 11) is 0. The van der Waals surface area contributed by atoms with Gasteiger partial charge in [-0.25, -0.2) is 0 Å². The molecule has 14 heavy (non-hydrogen) atoms. The normalized spacial score (nSPS) is 18.5. The zero-order chi connectivity index (χ0) is 10.4. The molecule has 0 bridgehead atoms. The van der Waals surface area contributed by atoms with Gasteiger partial charge < -0.3 is 4.74 Å². The van der Waals surface area contributed by atoms with Crippen LogP contribution >= 0.6 is 0 Å². The Balaban J connectivity index is 2.32. The van der Waals surface area contributed by atoms with Gasteiger partial charge in [0.25, 0.3) is 0 Å². The fourth-order valence-corrected chi connectivity index (χ4v) is 2.05. The van der Waals surface area contributed by atoms with E-state index in [0.717, 1.165) is 25.7 Å². The van der Waals surface area contributed by atoms with E-state index >= 15 is 0 Å². The molecule has 0 spiro atoms. The standard InChI is InChI=1S/C12H22O2/c1-3-11(4-2)14-12(13)10-8-6-5-7-9-10/h10-11H,3-9H2,1-2H3. The van der Waals surface area contributed by atoms with Crippen molar-refractivity contribution in [3.63, 3.8) is 0 Å². The summed E-state index contributed by atoms with van der Waals surface area (Å²) < 4.78 is 5.45. The molecule has 1 rings (SSSR count). The van der Waals surface area contributed by atoms with Gasteiger partial charge in [0.2, 0.25) is 0 Å². The molecular formula is C12H22O2. The van der Waals surface area contributed by atoms with Crippen LogP contribution in [0.5, 0.6) is 0 Å². The zero-order valence-electron chi connectivity index (χ0n) is 9.42. The Kier molecular flexibility index (Phi) is 4.99. The van der Waals surface area contributed by atoms with Crippen LogP contribution in [0.1, 0.15) is 58.8 Å². The Morgan fingerprint density at radius 3 is 2.29 bits per heavy atom. The molecule has 82 valence electrons.